The van der Waals surface area contributed by atoms with Crippen molar-refractivity contribution in [2.75, 3.05) is 5.32 Å². The van der Waals surface area contributed by atoms with Crippen molar-refractivity contribution in [2.24, 2.45) is 0 Å². The molecule has 3 rings (SSSR count). The van der Waals surface area contributed by atoms with Crippen LogP contribution in [0.25, 0.3) is 10.8 Å². The van der Waals surface area contributed by atoms with Gasteiger partial charge in [-0.15, -0.1) is 0 Å². The lowest BCUT2D eigenvalue weighted by Crippen LogP contribution is -2.14. The first-order valence-corrected chi connectivity index (χ1v) is 9.31. The van der Waals surface area contributed by atoms with Crippen LogP contribution in [0.3, 0.4) is 0 Å². The predicted octanol–water partition coefficient (Wildman–Crippen LogP) is 3.26. The van der Waals surface area contributed by atoms with Gasteiger partial charge in [0.15, 0.2) is 0 Å². The summed E-state index contributed by atoms with van der Waals surface area (Å²) in [5.74, 6) is -1.22. The third-order valence-electron chi connectivity index (χ3n) is 4.06. The van der Waals surface area contributed by atoms with Crippen LogP contribution in [0.4, 0.5) is 11.4 Å². The molecule has 3 aromatic rings. The molecule has 3 aromatic carbocycles. The Bertz CT molecular complexity index is 1240. The van der Waals surface area contributed by atoms with Crippen LogP contribution in [0.5, 0.6) is 5.75 Å². The molecule has 0 radical (unpaired) electrons. The average molecular weight is 402 g/mol. The lowest BCUT2D eigenvalue weighted by atomic mass is 10.1. The van der Waals surface area contributed by atoms with E-state index in [0.717, 1.165) is 6.07 Å². The Morgan fingerprint density at radius 1 is 1.11 bits per heavy atom. The third kappa shape index (κ3) is 3.63. The fraction of sp³-hybridized carbons (Fsp3) is 0.0556. The van der Waals surface area contributed by atoms with Crippen LogP contribution in [-0.4, -0.2) is 28.9 Å². The second-order valence-corrected chi connectivity index (χ2v) is 7.44. The zero-order valence-electron chi connectivity index (χ0n) is 14.4. The summed E-state index contributed by atoms with van der Waals surface area (Å²) in [5.41, 5.74) is 0.195. The van der Waals surface area contributed by atoms with Crippen LogP contribution in [0.15, 0.2) is 53.4 Å². The molecule has 0 unspecified atom stereocenters. The standard InChI is InChI=1S/C18H14N2O7S/c1-10-5-6-16(20(23)24)14(7-10)18(22)19-15-4-2-3-12-13(15)8-11(21)9-17(12)28(25,26)27/h2-9,21H,1H3,(H,19,22)(H,25,26,27). The van der Waals surface area contributed by atoms with Crippen LogP contribution in [0.1, 0.15) is 15.9 Å². The first kappa shape index (κ1) is 19.3. The molecule has 0 aliphatic carbocycles. The van der Waals surface area contributed by atoms with Gasteiger partial charge in [-0.05, 0) is 30.7 Å². The van der Waals surface area contributed by atoms with Crippen LogP contribution in [0.2, 0.25) is 0 Å². The topological polar surface area (TPSA) is 147 Å². The number of benzene rings is 3. The van der Waals surface area contributed by atoms with E-state index in [0.29, 0.717) is 5.56 Å². The van der Waals surface area contributed by atoms with E-state index < -0.39 is 31.6 Å². The molecule has 0 bridgehead atoms. The summed E-state index contributed by atoms with van der Waals surface area (Å²) in [6.45, 7) is 1.68. The molecule has 28 heavy (non-hydrogen) atoms. The van der Waals surface area contributed by atoms with E-state index >= 15 is 0 Å². The van der Waals surface area contributed by atoms with Crippen molar-refractivity contribution >= 4 is 38.2 Å². The van der Waals surface area contributed by atoms with E-state index in [1.54, 1.807) is 6.92 Å². The zero-order valence-corrected chi connectivity index (χ0v) is 15.2. The van der Waals surface area contributed by atoms with E-state index in [-0.39, 0.29) is 27.7 Å². The fourth-order valence-electron chi connectivity index (χ4n) is 2.84. The first-order chi connectivity index (χ1) is 13.1. The van der Waals surface area contributed by atoms with Gasteiger partial charge in [-0.2, -0.15) is 8.42 Å². The lowest BCUT2D eigenvalue weighted by Gasteiger charge is -2.12. The maximum atomic E-state index is 12.7. The number of phenols is 1. The molecular weight excluding hydrogens is 388 g/mol. The largest absolute Gasteiger partial charge is 0.508 e. The number of fused-ring (bicyclic) bond motifs is 1. The number of hydrogen-bond acceptors (Lipinski definition) is 6. The highest BCUT2D eigenvalue weighted by molar-refractivity contribution is 7.86. The maximum absolute atomic E-state index is 12.7. The van der Waals surface area contributed by atoms with Gasteiger partial charge in [0.25, 0.3) is 21.7 Å². The quantitative estimate of drug-likeness (QED) is 0.345. The Kier molecular flexibility index (Phi) is 4.75. The van der Waals surface area contributed by atoms with Crippen LogP contribution in [0, 0.1) is 17.0 Å². The number of hydrogen-bond donors (Lipinski definition) is 3. The van der Waals surface area contributed by atoms with Crippen LogP contribution in [-0.2, 0) is 10.1 Å². The number of aromatic hydroxyl groups is 1. The molecule has 144 valence electrons. The number of rotatable bonds is 4. The van der Waals surface area contributed by atoms with Gasteiger partial charge in [-0.3, -0.25) is 19.5 Å². The second kappa shape index (κ2) is 6.91. The third-order valence-corrected chi connectivity index (χ3v) is 4.96. The van der Waals surface area contributed by atoms with Gasteiger partial charge in [0.1, 0.15) is 16.2 Å². The molecule has 3 N–H and O–H groups in total. The average Bonchev–Trinajstić information content (AvgIpc) is 2.60. The molecular formula is C18H14N2O7S. The summed E-state index contributed by atoms with van der Waals surface area (Å²) in [5, 5.41) is 23.7. The Labute approximate surface area is 159 Å². The molecule has 0 aromatic heterocycles. The maximum Gasteiger partial charge on any atom is 0.295 e. The minimum atomic E-state index is -4.63. The van der Waals surface area contributed by atoms with Gasteiger partial charge in [0, 0.05) is 28.6 Å². The van der Waals surface area contributed by atoms with Gasteiger partial charge < -0.3 is 10.4 Å². The van der Waals surface area contributed by atoms with Crippen molar-refractivity contribution in [1.29, 1.82) is 0 Å². The number of carbonyl (C=O) groups excluding carboxylic acids is 1. The summed E-state index contributed by atoms with van der Waals surface area (Å²) >= 11 is 0. The first-order valence-electron chi connectivity index (χ1n) is 7.87. The molecule has 0 aliphatic rings. The fourth-order valence-corrected chi connectivity index (χ4v) is 3.57. The molecule has 0 heterocycles. The Balaban J connectivity index is 2.14. The number of phenolic OH excluding ortho intramolecular Hbond substituents is 1. The molecule has 1 amide bonds. The van der Waals surface area contributed by atoms with Crippen molar-refractivity contribution in [3.8, 4) is 5.75 Å². The van der Waals surface area contributed by atoms with Crippen molar-refractivity contribution in [1.82, 2.24) is 0 Å². The summed E-state index contributed by atoms with van der Waals surface area (Å²) in [6.07, 6.45) is 0. The highest BCUT2D eigenvalue weighted by Crippen LogP contribution is 2.33. The molecule has 0 spiro atoms. The van der Waals surface area contributed by atoms with Crippen molar-refractivity contribution < 1.29 is 27.8 Å². The minimum absolute atomic E-state index is 0.0665. The highest BCUT2D eigenvalue weighted by atomic mass is 32.2. The van der Waals surface area contributed by atoms with E-state index in [9.17, 15) is 33.0 Å². The van der Waals surface area contributed by atoms with Gasteiger partial charge in [0.2, 0.25) is 0 Å². The van der Waals surface area contributed by atoms with Crippen molar-refractivity contribution in [2.45, 2.75) is 11.8 Å². The Morgan fingerprint density at radius 3 is 2.46 bits per heavy atom. The summed E-state index contributed by atoms with van der Waals surface area (Å²) < 4.78 is 32.6. The lowest BCUT2D eigenvalue weighted by molar-refractivity contribution is -0.385. The second-order valence-electron chi connectivity index (χ2n) is 6.05. The van der Waals surface area contributed by atoms with Crippen molar-refractivity contribution in [3.63, 3.8) is 0 Å². The number of nitro groups is 1. The van der Waals surface area contributed by atoms with Gasteiger partial charge in [-0.1, -0.05) is 18.2 Å². The van der Waals surface area contributed by atoms with Gasteiger partial charge in [0.05, 0.1) is 4.92 Å². The number of nitro benzene ring substituents is 1. The number of amides is 1. The number of nitrogens with one attached hydrogen (secondary N) is 1. The summed E-state index contributed by atoms with van der Waals surface area (Å²) in [4.78, 5) is 22.6. The minimum Gasteiger partial charge on any atom is -0.508 e. The molecule has 0 fully saturated rings. The molecule has 10 heteroatoms. The number of anilines is 1. The van der Waals surface area contributed by atoms with Crippen molar-refractivity contribution in [3.05, 3.63) is 69.8 Å². The molecule has 9 nitrogen and oxygen atoms in total. The monoisotopic (exact) mass is 402 g/mol. The summed E-state index contributed by atoms with van der Waals surface area (Å²) in [6, 6.07) is 10.4. The summed E-state index contributed by atoms with van der Waals surface area (Å²) in [7, 11) is -4.63. The number of carbonyl (C=O) groups is 1. The SMILES string of the molecule is Cc1ccc([N+](=O)[O-])c(C(=O)Nc2cccc3c(S(=O)(=O)O)cc(O)cc23)c1. The Morgan fingerprint density at radius 2 is 1.82 bits per heavy atom. The Hall–Kier alpha value is -3.50. The van der Waals surface area contributed by atoms with Crippen LogP contribution >= 0.6 is 0 Å². The van der Waals surface area contributed by atoms with E-state index in [4.69, 9.17) is 0 Å². The van der Waals surface area contributed by atoms with E-state index in [2.05, 4.69) is 5.32 Å². The van der Waals surface area contributed by atoms with Crippen LogP contribution < -0.4 is 5.32 Å². The number of nitrogens with zero attached hydrogens (tertiary/aromatic N) is 1. The van der Waals surface area contributed by atoms with E-state index in [1.807, 2.05) is 0 Å². The number of aryl methyl sites for hydroxylation is 1. The predicted molar refractivity (Wildman–Crippen MR) is 101 cm³/mol. The van der Waals surface area contributed by atoms with Gasteiger partial charge in [-0.25, -0.2) is 0 Å². The highest BCUT2D eigenvalue weighted by Gasteiger charge is 2.22. The normalized spacial score (nSPS) is 11.4. The van der Waals surface area contributed by atoms with Gasteiger partial charge >= 0.3 is 0 Å². The van der Waals surface area contributed by atoms with E-state index in [1.165, 1.54) is 42.5 Å². The zero-order chi connectivity index (χ0) is 20.6. The smallest absolute Gasteiger partial charge is 0.295 e. The molecule has 0 saturated heterocycles. The molecule has 0 saturated carbocycles. The molecule has 0 aliphatic heterocycles. The molecule has 0 atom stereocenters.